The summed E-state index contributed by atoms with van der Waals surface area (Å²) in [6.45, 7) is 1.70. The van der Waals surface area contributed by atoms with Gasteiger partial charge in [-0.15, -0.1) is 0 Å². The number of hydrogen-bond donors (Lipinski definition) is 2. The van der Waals surface area contributed by atoms with Gasteiger partial charge >= 0.3 is 0 Å². The smallest absolute Gasteiger partial charge is 0.282 e. The zero-order valence-corrected chi connectivity index (χ0v) is 17.3. The van der Waals surface area contributed by atoms with Crippen LogP contribution < -0.4 is 10.6 Å². The Morgan fingerprint density at radius 3 is 2.83 bits per heavy atom. The van der Waals surface area contributed by atoms with Crippen LogP contribution in [0.1, 0.15) is 10.4 Å². The van der Waals surface area contributed by atoms with E-state index in [1.54, 1.807) is 24.1 Å². The summed E-state index contributed by atoms with van der Waals surface area (Å²) in [4.78, 5) is 31.9. The van der Waals surface area contributed by atoms with Gasteiger partial charge in [0.2, 0.25) is 0 Å². The van der Waals surface area contributed by atoms with E-state index in [1.165, 1.54) is 30.0 Å². The molecule has 0 atom stereocenters. The van der Waals surface area contributed by atoms with Gasteiger partial charge in [-0.3, -0.25) is 14.9 Å². The second-order valence-electron chi connectivity index (χ2n) is 6.11. The first kappa shape index (κ1) is 21.5. The lowest BCUT2D eigenvalue weighted by atomic mass is 10.1. The Balaban J connectivity index is 1.73. The van der Waals surface area contributed by atoms with Gasteiger partial charge in [0.15, 0.2) is 10.8 Å². The van der Waals surface area contributed by atoms with E-state index in [0.717, 1.165) is 5.39 Å². The van der Waals surface area contributed by atoms with Crippen molar-refractivity contribution in [3.05, 3.63) is 46.1 Å². The lowest BCUT2D eigenvalue weighted by Crippen LogP contribution is -2.28. The first-order chi connectivity index (χ1) is 14.5. The Hall–Kier alpha value is -3.25. The number of para-hydroxylation sites is 1. The molecule has 1 amide bonds. The third-order valence-corrected chi connectivity index (χ3v) is 4.76. The van der Waals surface area contributed by atoms with Gasteiger partial charge in [0.05, 0.1) is 29.7 Å². The van der Waals surface area contributed by atoms with Crippen molar-refractivity contribution in [2.24, 2.45) is 0 Å². The number of nitro groups is 1. The predicted molar refractivity (Wildman–Crippen MR) is 113 cm³/mol. The van der Waals surface area contributed by atoms with E-state index >= 15 is 0 Å². The number of methoxy groups -OCH3 is 1. The number of carbonyl (C=O) groups is 1. The second kappa shape index (κ2) is 9.98. The summed E-state index contributed by atoms with van der Waals surface area (Å²) in [5.41, 5.74) is 0.419. The van der Waals surface area contributed by atoms with Gasteiger partial charge in [0, 0.05) is 26.3 Å². The molecule has 0 aliphatic carbocycles. The molecule has 0 aliphatic heterocycles. The number of carbonyl (C=O) groups excluding carboxylic acids is 1. The summed E-state index contributed by atoms with van der Waals surface area (Å²) in [7, 11) is 1.63. The van der Waals surface area contributed by atoms with Crippen LogP contribution >= 0.6 is 11.8 Å². The third kappa shape index (κ3) is 4.83. The largest absolute Gasteiger partial charge is 0.383 e. The standard InChI is InChI=1S/C18H21N7O4S/c1-29-10-8-19-15-13-11-21-24(16(13)23-18(22-15)30-2)9-7-20-17(26)12-5-3-4-6-14(12)25(27)28/h3-6,11H,7-10H2,1-2H3,(H,20,26)(H,19,22,23). The number of nitro benzene ring substituents is 1. The molecule has 0 unspecified atom stereocenters. The zero-order chi connectivity index (χ0) is 21.5. The van der Waals surface area contributed by atoms with E-state index in [1.807, 2.05) is 6.26 Å². The number of anilines is 1. The fourth-order valence-electron chi connectivity index (χ4n) is 2.79. The van der Waals surface area contributed by atoms with Crippen molar-refractivity contribution in [1.82, 2.24) is 25.1 Å². The maximum atomic E-state index is 12.4. The number of nitrogens with one attached hydrogen (secondary N) is 2. The molecule has 2 N–H and O–H groups in total. The Morgan fingerprint density at radius 2 is 2.10 bits per heavy atom. The second-order valence-corrected chi connectivity index (χ2v) is 6.89. The van der Waals surface area contributed by atoms with Crippen molar-refractivity contribution < 1.29 is 14.5 Å². The minimum absolute atomic E-state index is 0.0180. The van der Waals surface area contributed by atoms with E-state index in [9.17, 15) is 14.9 Å². The SMILES string of the molecule is COCCNc1nc(SC)nc2c1cnn2CCNC(=O)c1ccccc1[N+](=O)[O-]. The fraction of sp³-hybridized carbons (Fsp3) is 0.333. The minimum atomic E-state index is -0.575. The lowest BCUT2D eigenvalue weighted by Gasteiger charge is -2.09. The van der Waals surface area contributed by atoms with E-state index in [-0.39, 0.29) is 17.8 Å². The summed E-state index contributed by atoms with van der Waals surface area (Å²) in [5.74, 6) is 0.150. The molecule has 0 saturated heterocycles. The predicted octanol–water partition coefficient (Wildman–Crippen LogP) is 1.94. The van der Waals surface area contributed by atoms with E-state index in [2.05, 4.69) is 25.7 Å². The summed E-state index contributed by atoms with van der Waals surface area (Å²) in [6, 6.07) is 5.83. The Labute approximate surface area is 176 Å². The molecule has 0 aliphatic rings. The van der Waals surface area contributed by atoms with Crippen LogP contribution in [0.5, 0.6) is 0 Å². The molecular formula is C18H21N7O4S. The van der Waals surface area contributed by atoms with Crippen molar-refractivity contribution in [3.8, 4) is 0 Å². The van der Waals surface area contributed by atoms with Gasteiger partial charge in [-0.2, -0.15) is 5.10 Å². The maximum absolute atomic E-state index is 12.4. The highest BCUT2D eigenvalue weighted by Crippen LogP contribution is 2.23. The maximum Gasteiger partial charge on any atom is 0.282 e. The number of amides is 1. The van der Waals surface area contributed by atoms with Crippen molar-refractivity contribution in [2.45, 2.75) is 11.7 Å². The number of ether oxygens (including phenoxy) is 1. The molecule has 1 aromatic carbocycles. The van der Waals surface area contributed by atoms with Crippen LogP contribution in [0.3, 0.4) is 0 Å². The molecule has 2 heterocycles. The molecule has 0 spiro atoms. The van der Waals surface area contributed by atoms with Crippen LogP contribution in [0.4, 0.5) is 11.5 Å². The van der Waals surface area contributed by atoms with Gasteiger partial charge in [-0.1, -0.05) is 23.9 Å². The highest BCUT2D eigenvalue weighted by molar-refractivity contribution is 7.98. The number of rotatable bonds is 10. The highest BCUT2D eigenvalue weighted by atomic mass is 32.2. The lowest BCUT2D eigenvalue weighted by molar-refractivity contribution is -0.385. The normalized spacial score (nSPS) is 10.9. The molecule has 0 saturated carbocycles. The van der Waals surface area contributed by atoms with Crippen LogP contribution in [0, 0.1) is 10.1 Å². The average Bonchev–Trinajstić information content (AvgIpc) is 3.16. The van der Waals surface area contributed by atoms with Crippen molar-refractivity contribution in [3.63, 3.8) is 0 Å². The molecule has 0 radical (unpaired) electrons. The summed E-state index contributed by atoms with van der Waals surface area (Å²) in [5, 5.41) is 22.7. The van der Waals surface area contributed by atoms with Crippen molar-refractivity contribution >= 4 is 40.2 Å². The first-order valence-corrected chi connectivity index (χ1v) is 10.3. The van der Waals surface area contributed by atoms with Crippen LogP contribution in [-0.2, 0) is 11.3 Å². The van der Waals surface area contributed by atoms with Crippen molar-refractivity contribution in [1.29, 1.82) is 0 Å². The molecule has 0 fully saturated rings. The van der Waals surface area contributed by atoms with Gasteiger partial charge in [0.25, 0.3) is 11.6 Å². The Bertz CT molecular complexity index is 1060. The van der Waals surface area contributed by atoms with Crippen LogP contribution in [-0.4, -0.2) is 63.6 Å². The molecule has 3 rings (SSSR count). The zero-order valence-electron chi connectivity index (χ0n) is 16.5. The monoisotopic (exact) mass is 431 g/mol. The molecule has 2 aromatic heterocycles. The van der Waals surface area contributed by atoms with E-state index in [0.29, 0.717) is 36.3 Å². The summed E-state index contributed by atoms with van der Waals surface area (Å²) >= 11 is 1.41. The highest BCUT2D eigenvalue weighted by Gasteiger charge is 2.19. The van der Waals surface area contributed by atoms with E-state index in [4.69, 9.17) is 4.74 Å². The fourth-order valence-corrected chi connectivity index (χ4v) is 3.15. The number of aromatic nitrogens is 4. The number of nitrogens with zero attached hydrogens (tertiary/aromatic N) is 5. The number of hydrogen-bond acceptors (Lipinski definition) is 9. The average molecular weight is 431 g/mol. The van der Waals surface area contributed by atoms with Gasteiger partial charge in [-0.25, -0.2) is 14.6 Å². The van der Waals surface area contributed by atoms with Gasteiger partial charge in [0.1, 0.15) is 11.4 Å². The van der Waals surface area contributed by atoms with Gasteiger partial charge in [-0.05, 0) is 12.3 Å². The Kier molecular flexibility index (Phi) is 7.14. The summed E-state index contributed by atoms with van der Waals surface area (Å²) in [6.07, 6.45) is 3.55. The van der Waals surface area contributed by atoms with Crippen molar-refractivity contribution in [2.75, 3.05) is 38.4 Å². The van der Waals surface area contributed by atoms with Crippen LogP contribution in [0.15, 0.2) is 35.6 Å². The topological polar surface area (TPSA) is 137 Å². The van der Waals surface area contributed by atoms with Crippen LogP contribution in [0.2, 0.25) is 0 Å². The molecule has 12 heteroatoms. The number of benzene rings is 1. The molecule has 11 nitrogen and oxygen atoms in total. The quantitative estimate of drug-likeness (QED) is 0.162. The van der Waals surface area contributed by atoms with Gasteiger partial charge < -0.3 is 15.4 Å². The number of thioether (sulfide) groups is 1. The molecule has 0 bridgehead atoms. The molecular weight excluding hydrogens is 410 g/mol. The summed E-state index contributed by atoms with van der Waals surface area (Å²) < 4.78 is 6.72. The minimum Gasteiger partial charge on any atom is -0.383 e. The third-order valence-electron chi connectivity index (χ3n) is 4.21. The first-order valence-electron chi connectivity index (χ1n) is 9.07. The van der Waals surface area contributed by atoms with E-state index < -0.39 is 10.8 Å². The molecule has 30 heavy (non-hydrogen) atoms. The molecule has 158 valence electrons. The Morgan fingerprint density at radius 1 is 1.30 bits per heavy atom. The molecule has 3 aromatic rings. The number of fused-ring (bicyclic) bond motifs is 1. The van der Waals surface area contributed by atoms with Crippen LogP contribution in [0.25, 0.3) is 11.0 Å².